The Kier molecular flexibility index (Phi) is 5.78. The van der Waals surface area contributed by atoms with E-state index in [1.54, 1.807) is 0 Å². The topological polar surface area (TPSA) is 99.5 Å². The molecule has 0 fully saturated rings. The Hall–Kier alpha value is -1.87. The van der Waals surface area contributed by atoms with Gasteiger partial charge in [-0.25, -0.2) is 4.98 Å². The summed E-state index contributed by atoms with van der Waals surface area (Å²) in [5, 5.41) is 5.79. The van der Waals surface area contributed by atoms with Crippen LogP contribution >= 0.6 is 12.6 Å². The Morgan fingerprint density at radius 2 is 1.39 bits per heavy atom. The average Bonchev–Trinajstić information content (AvgIpc) is 2.50. The Morgan fingerprint density at radius 3 is 1.83 bits per heavy atom. The summed E-state index contributed by atoms with van der Waals surface area (Å²) in [6.45, 7) is 0.848. The van der Waals surface area contributed by atoms with E-state index in [0.717, 1.165) is 39.8 Å². The normalized spacial score (nSPS) is 11.1. The van der Waals surface area contributed by atoms with Crippen molar-refractivity contribution in [1.82, 2.24) is 4.98 Å². The van der Waals surface area contributed by atoms with Crippen LogP contribution in [0.25, 0.3) is 21.8 Å². The van der Waals surface area contributed by atoms with E-state index >= 15 is 0 Å². The molecule has 0 spiro atoms. The first-order chi connectivity index (χ1) is 10.9. The van der Waals surface area contributed by atoms with Gasteiger partial charge in [0.15, 0.2) is 0 Å². The minimum atomic E-state index is -4.67. The summed E-state index contributed by atoms with van der Waals surface area (Å²) in [5.41, 5.74) is 3.21. The highest BCUT2D eigenvalue weighted by molar-refractivity contribution is 7.80. The van der Waals surface area contributed by atoms with Crippen molar-refractivity contribution in [3.05, 3.63) is 48.5 Å². The summed E-state index contributed by atoms with van der Waals surface area (Å²) < 4.78 is 31.6. The molecule has 0 bridgehead atoms. The molecule has 3 rings (SSSR count). The number of nitrogens with one attached hydrogen (secondary N) is 1. The summed E-state index contributed by atoms with van der Waals surface area (Å²) >= 11 is 4.26. The Bertz CT molecular complexity index is 852. The molecule has 0 aliphatic heterocycles. The molecule has 0 unspecified atom stereocenters. The van der Waals surface area contributed by atoms with Gasteiger partial charge in [-0.15, -0.1) is 0 Å². The SMILES string of the molecule is O=S(=O)(O)O.SCCNc1c2ccccc2nc2ccccc12. The predicted octanol–water partition coefficient (Wildman–Crippen LogP) is 3.08. The van der Waals surface area contributed by atoms with Crippen LogP contribution in [0.3, 0.4) is 0 Å². The van der Waals surface area contributed by atoms with E-state index < -0.39 is 10.4 Å². The molecular weight excluding hydrogens is 336 g/mol. The Balaban J connectivity index is 0.000000338. The first-order valence-corrected chi connectivity index (χ1v) is 8.75. The lowest BCUT2D eigenvalue weighted by Crippen LogP contribution is -2.04. The van der Waals surface area contributed by atoms with Crippen LogP contribution in [0.1, 0.15) is 0 Å². The first kappa shape index (κ1) is 17.5. The van der Waals surface area contributed by atoms with Crippen molar-refractivity contribution in [2.24, 2.45) is 0 Å². The van der Waals surface area contributed by atoms with E-state index in [2.05, 4.69) is 35.1 Å². The quantitative estimate of drug-likeness (QED) is 0.328. The van der Waals surface area contributed by atoms with Crippen LogP contribution in [-0.4, -0.2) is 34.8 Å². The van der Waals surface area contributed by atoms with Crippen LogP contribution in [0.4, 0.5) is 5.69 Å². The molecule has 0 radical (unpaired) electrons. The third-order valence-electron chi connectivity index (χ3n) is 3.00. The van der Waals surface area contributed by atoms with Crippen molar-refractivity contribution in [3.63, 3.8) is 0 Å². The van der Waals surface area contributed by atoms with E-state index in [0.29, 0.717) is 0 Å². The molecule has 23 heavy (non-hydrogen) atoms. The minimum absolute atomic E-state index is 0.810. The first-order valence-electron chi connectivity index (χ1n) is 6.72. The summed E-state index contributed by atoms with van der Waals surface area (Å²) in [6, 6.07) is 16.4. The summed E-state index contributed by atoms with van der Waals surface area (Å²) in [4.78, 5) is 4.69. The van der Waals surface area contributed by atoms with Gasteiger partial charge < -0.3 is 5.32 Å². The zero-order chi connectivity index (χ0) is 16.9. The fourth-order valence-electron chi connectivity index (χ4n) is 2.21. The van der Waals surface area contributed by atoms with Gasteiger partial charge in [-0.3, -0.25) is 9.11 Å². The maximum absolute atomic E-state index is 8.74. The molecule has 0 saturated carbocycles. The van der Waals surface area contributed by atoms with Crippen molar-refractivity contribution in [1.29, 1.82) is 0 Å². The second-order valence-corrected chi connectivity index (χ2v) is 5.96. The van der Waals surface area contributed by atoms with Crippen LogP contribution < -0.4 is 5.32 Å². The van der Waals surface area contributed by atoms with E-state index in [1.165, 1.54) is 0 Å². The van der Waals surface area contributed by atoms with Gasteiger partial charge in [0.2, 0.25) is 0 Å². The van der Waals surface area contributed by atoms with Crippen molar-refractivity contribution in [3.8, 4) is 0 Å². The van der Waals surface area contributed by atoms with E-state index in [4.69, 9.17) is 17.5 Å². The highest BCUT2D eigenvalue weighted by atomic mass is 32.3. The van der Waals surface area contributed by atoms with Gasteiger partial charge in [-0.05, 0) is 12.1 Å². The number of pyridine rings is 1. The molecule has 122 valence electrons. The monoisotopic (exact) mass is 352 g/mol. The summed E-state index contributed by atoms with van der Waals surface area (Å²) in [5.74, 6) is 0.810. The second-order valence-electron chi connectivity index (χ2n) is 4.62. The molecule has 2 aromatic carbocycles. The lowest BCUT2D eigenvalue weighted by Gasteiger charge is -2.12. The van der Waals surface area contributed by atoms with E-state index in [-0.39, 0.29) is 0 Å². The molecule has 6 nitrogen and oxygen atoms in total. The van der Waals surface area contributed by atoms with Crippen molar-refractivity contribution in [2.75, 3.05) is 17.6 Å². The zero-order valence-corrected chi connectivity index (χ0v) is 13.8. The standard InChI is InChI=1S/C15H14N2S.H2O4S/c18-10-9-16-15-11-5-1-3-7-13(11)17-14-8-4-2-6-12(14)15;1-5(2,3)4/h1-8,18H,9-10H2,(H,16,17);(H2,1,2,3,4). The number of nitrogens with zero attached hydrogens (tertiary/aromatic N) is 1. The van der Waals surface area contributed by atoms with Gasteiger partial charge in [-0.1, -0.05) is 36.4 Å². The van der Waals surface area contributed by atoms with Gasteiger partial charge >= 0.3 is 10.4 Å². The predicted molar refractivity (Wildman–Crippen MR) is 95.8 cm³/mol. The summed E-state index contributed by atoms with van der Waals surface area (Å²) in [7, 11) is -4.67. The minimum Gasteiger partial charge on any atom is -0.383 e. The number of fused-ring (bicyclic) bond motifs is 2. The Labute approximate surface area is 139 Å². The lowest BCUT2D eigenvalue weighted by atomic mass is 10.1. The van der Waals surface area contributed by atoms with Crippen molar-refractivity contribution in [2.45, 2.75) is 0 Å². The highest BCUT2D eigenvalue weighted by Crippen LogP contribution is 2.30. The van der Waals surface area contributed by atoms with Gasteiger partial charge in [0, 0.05) is 23.1 Å². The molecular formula is C15H16N2O4S2. The average molecular weight is 352 g/mol. The molecule has 0 aliphatic carbocycles. The molecule has 0 saturated heterocycles. The van der Waals surface area contributed by atoms with Crippen LogP contribution in [0.15, 0.2) is 48.5 Å². The van der Waals surface area contributed by atoms with Crippen LogP contribution in [0, 0.1) is 0 Å². The molecule has 0 amide bonds. The number of hydrogen-bond acceptors (Lipinski definition) is 5. The molecule has 1 aromatic heterocycles. The molecule has 1 heterocycles. The van der Waals surface area contributed by atoms with E-state index in [1.807, 2.05) is 36.4 Å². The lowest BCUT2D eigenvalue weighted by molar-refractivity contribution is 0.381. The van der Waals surface area contributed by atoms with Gasteiger partial charge in [-0.2, -0.15) is 21.0 Å². The van der Waals surface area contributed by atoms with Crippen molar-refractivity contribution < 1.29 is 17.5 Å². The molecule has 8 heteroatoms. The van der Waals surface area contributed by atoms with Crippen LogP contribution in [0.2, 0.25) is 0 Å². The number of aromatic nitrogens is 1. The smallest absolute Gasteiger partial charge is 0.383 e. The molecule has 0 aliphatic rings. The fourth-order valence-corrected chi connectivity index (χ4v) is 2.32. The maximum Gasteiger partial charge on any atom is 0.394 e. The summed E-state index contributed by atoms with van der Waals surface area (Å²) in [6.07, 6.45) is 0. The largest absolute Gasteiger partial charge is 0.394 e. The third-order valence-corrected chi connectivity index (χ3v) is 3.22. The number of thiol groups is 1. The van der Waals surface area contributed by atoms with Gasteiger partial charge in [0.05, 0.1) is 16.7 Å². The number of rotatable bonds is 3. The van der Waals surface area contributed by atoms with Gasteiger partial charge in [0.25, 0.3) is 0 Å². The van der Waals surface area contributed by atoms with Crippen LogP contribution in [-0.2, 0) is 10.4 Å². The second kappa shape index (κ2) is 7.60. The molecule has 0 atom stereocenters. The fraction of sp³-hybridized carbons (Fsp3) is 0.133. The number of hydrogen-bond donors (Lipinski definition) is 4. The van der Waals surface area contributed by atoms with Crippen molar-refractivity contribution >= 4 is 50.5 Å². The Morgan fingerprint density at radius 1 is 0.957 bits per heavy atom. The molecule has 3 aromatic rings. The van der Waals surface area contributed by atoms with Gasteiger partial charge in [0.1, 0.15) is 0 Å². The third kappa shape index (κ3) is 5.07. The number of para-hydroxylation sites is 2. The number of benzene rings is 2. The maximum atomic E-state index is 8.74. The highest BCUT2D eigenvalue weighted by Gasteiger charge is 2.07. The zero-order valence-electron chi connectivity index (χ0n) is 12.0. The molecule has 3 N–H and O–H groups in total. The number of anilines is 1. The van der Waals surface area contributed by atoms with E-state index in [9.17, 15) is 0 Å². The van der Waals surface area contributed by atoms with Crippen LogP contribution in [0.5, 0.6) is 0 Å².